The second-order valence-electron chi connectivity index (χ2n) is 15.8. The summed E-state index contributed by atoms with van der Waals surface area (Å²) in [5.41, 5.74) is 15.9. The fourth-order valence-corrected chi connectivity index (χ4v) is 9.53. The predicted octanol–water partition coefficient (Wildman–Crippen LogP) is 13.9. The molecule has 1 aliphatic carbocycles. The number of rotatable bonds is 4. The molecule has 1 aliphatic rings. The first-order valence-electron chi connectivity index (χ1n) is 19.6. The van der Waals surface area contributed by atoms with Gasteiger partial charge in [0.1, 0.15) is 16.8 Å². The van der Waals surface area contributed by atoms with Gasteiger partial charge in [-0.3, -0.25) is 4.57 Å². The van der Waals surface area contributed by atoms with Crippen LogP contribution in [-0.2, 0) is 5.41 Å². The van der Waals surface area contributed by atoms with Crippen LogP contribution in [0, 0.1) is 0 Å². The molecule has 0 spiro atoms. The van der Waals surface area contributed by atoms with Crippen LogP contribution in [0.1, 0.15) is 25.0 Å². The summed E-state index contributed by atoms with van der Waals surface area (Å²) in [6.07, 6.45) is 0. The van der Waals surface area contributed by atoms with E-state index in [0.717, 1.165) is 61.0 Å². The summed E-state index contributed by atoms with van der Waals surface area (Å²) >= 11 is 0. The summed E-state index contributed by atoms with van der Waals surface area (Å²) in [4.78, 5) is 10.9. The molecule has 12 rings (SSSR count). The van der Waals surface area contributed by atoms with E-state index in [1.165, 1.54) is 43.8 Å². The third-order valence-electron chi connectivity index (χ3n) is 12.2. The minimum absolute atomic E-state index is 0.129. The highest BCUT2D eigenvalue weighted by atomic mass is 16.3. The van der Waals surface area contributed by atoms with Crippen molar-refractivity contribution in [3.63, 3.8) is 0 Å². The summed E-state index contributed by atoms with van der Waals surface area (Å²) in [7, 11) is 0. The molecular formula is C53H35N3O. The zero-order valence-corrected chi connectivity index (χ0v) is 31.5. The van der Waals surface area contributed by atoms with E-state index < -0.39 is 0 Å². The number of fused-ring (bicyclic) bond motifs is 11. The Morgan fingerprint density at radius 1 is 0.474 bits per heavy atom. The minimum atomic E-state index is -0.129. The lowest BCUT2D eigenvalue weighted by molar-refractivity contribution is 0.666. The first kappa shape index (κ1) is 32.0. The molecule has 0 amide bonds. The Labute approximate surface area is 329 Å². The molecule has 0 atom stereocenters. The molecule has 0 saturated carbocycles. The van der Waals surface area contributed by atoms with Crippen LogP contribution >= 0.6 is 0 Å². The van der Waals surface area contributed by atoms with Gasteiger partial charge in [0.25, 0.3) is 0 Å². The standard InChI is InChI=1S/C53H35N3O/c1-53(2)44-22-12-9-19-38(44)40-26-25-34-30-46-43(31-42(34)48(40)53)39-20-10-13-23-45(39)56(46)52-54-49(51-50(55-52)41-21-11-14-24-47(41)57-51)37-28-35(32-15-5-3-6-16-32)27-36(29-37)33-17-7-4-8-18-33/h3-31H,1-2H3. The summed E-state index contributed by atoms with van der Waals surface area (Å²) in [6.45, 7) is 4.72. The van der Waals surface area contributed by atoms with Crippen molar-refractivity contribution in [1.29, 1.82) is 0 Å². The molecule has 3 aromatic heterocycles. The van der Waals surface area contributed by atoms with E-state index in [1.54, 1.807) is 0 Å². The molecular weight excluding hydrogens is 695 g/mol. The molecule has 268 valence electrons. The average Bonchev–Trinajstić information content (AvgIpc) is 3.88. The predicted molar refractivity (Wildman–Crippen MR) is 235 cm³/mol. The molecule has 11 aromatic rings. The van der Waals surface area contributed by atoms with Gasteiger partial charge in [0, 0.05) is 27.1 Å². The fourth-order valence-electron chi connectivity index (χ4n) is 9.53. The quantitative estimate of drug-likeness (QED) is 0.181. The molecule has 0 bridgehead atoms. The van der Waals surface area contributed by atoms with Crippen molar-refractivity contribution >= 4 is 54.6 Å². The van der Waals surface area contributed by atoms with Crippen molar-refractivity contribution in [1.82, 2.24) is 14.5 Å². The van der Waals surface area contributed by atoms with E-state index in [1.807, 2.05) is 18.2 Å². The Balaban J connectivity index is 1.16. The van der Waals surface area contributed by atoms with Gasteiger partial charge in [0.15, 0.2) is 5.58 Å². The van der Waals surface area contributed by atoms with E-state index in [2.05, 4.69) is 176 Å². The van der Waals surface area contributed by atoms with Crippen LogP contribution in [0.4, 0.5) is 0 Å². The molecule has 57 heavy (non-hydrogen) atoms. The van der Waals surface area contributed by atoms with Crippen LogP contribution in [0.15, 0.2) is 180 Å². The van der Waals surface area contributed by atoms with E-state index in [4.69, 9.17) is 14.4 Å². The highest BCUT2D eigenvalue weighted by molar-refractivity contribution is 6.15. The van der Waals surface area contributed by atoms with Gasteiger partial charge in [-0.25, -0.2) is 9.97 Å². The van der Waals surface area contributed by atoms with Crippen LogP contribution in [0.25, 0.3) is 105 Å². The number of furan rings is 1. The van der Waals surface area contributed by atoms with Gasteiger partial charge in [-0.1, -0.05) is 141 Å². The largest absolute Gasteiger partial charge is 0.452 e. The molecule has 0 radical (unpaired) electrons. The second kappa shape index (κ2) is 11.8. The number of aromatic nitrogens is 3. The third kappa shape index (κ3) is 4.68. The van der Waals surface area contributed by atoms with Crippen LogP contribution < -0.4 is 0 Å². The van der Waals surface area contributed by atoms with Crippen LogP contribution in [0.5, 0.6) is 0 Å². The highest BCUT2D eigenvalue weighted by Gasteiger charge is 2.37. The van der Waals surface area contributed by atoms with E-state index in [0.29, 0.717) is 11.5 Å². The molecule has 0 saturated heterocycles. The summed E-state index contributed by atoms with van der Waals surface area (Å²) in [5, 5.41) is 5.79. The molecule has 4 nitrogen and oxygen atoms in total. The van der Waals surface area contributed by atoms with Gasteiger partial charge in [-0.15, -0.1) is 0 Å². The normalized spacial score (nSPS) is 13.2. The lowest BCUT2D eigenvalue weighted by Crippen LogP contribution is -2.15. The minimum Gasteiger partial charge on any atom is -0.452 e. The number of nitrogens with zero attached hydrogens (tertiary/aromatic N) is 3. The monoisotopic (exact) mass is 729 g/mol. The smallest absolute Gasteiger partial charge is 0.236 e. The van der Waals surface area contributed by atoms with E-state index >= 15 is 0 Å². The summed E-state index contributed by atoms with van der Waals surface area (Å²) in [6, 6.07) is 62.9. The molecule has 0 N–H and O–H groups in total. The third-order valence-corrected chi connectivity index (χ3v) is 12.2. The molecule has 0 fully saturated rings. The van der Waals surface area contributed by atoms with Gasteiger partial charge < -0.3 is 4.42 Å². The molecule has 8 aromatic carbocycles. The Kier molecular flexibility index (Phi) is 6.65. The van der Waals surface area contributed by atoms with Crippen LogP contribution in [0.3, 0.4) is 0 Å². The molecule has 0 unspecified atom stereocenters. The Morgan fingerprint density at radius 3 is 1.89 bits per heavy atom. The van der Waals surface area contributed by atoms with E-state index in [-0.39, 0.29) is 5.41 Å². The van der Waals surface area contributed by atoms with Crippen molar-refractivity contribution < 1.29 is 4.42 Å². The van der Waals surface area contributed by atoms with E-state index in [9.17, 15) is 0 Å². The fraction of sp³-hybridized carbons (Fsp3) is 0.0566. The van der Waals surface area contributed by atoms with Gasteiger partial charge in [-0.2, -0.15) is 0 Å². The van der Waals surface area contributed by atoms with Crippen molar-refractivity contribution in [2.45, 2.75) is 19.3 Å². The van der Waals surface area contributed by atoms with Crippen molar-refractivity contribution in [3.05, 3.63) is 187 Å². The van der Waals surface area contributed by atoms with Crippen molar-refractivity contribution in [3.8, 4) is 50.6 Å². The Morgan fingerprint density at radius 2 is 1.12 bits per heavy atom. The highest BCUT2D eigenvalue weighted by Crippen LogP contribution is 2.52. The van der Waals surface area contributed by atoms with Crippen LogP contribution in [-0.4, -0.2) is 14.5 Å². The van der Waals surface area contributed by atoms with Gasteiger partial charge >= 0.3 is 0 Å². The van der Waals surface area contributed by atoms with Gasteiger partial charge in [-0.05, 0) is 104 Å². The Bertz CT molecular complexity index is 3370. The van der Waals surface area contributed by atoms with Crippen molar-refractivity contribution in [2.24, 2.45) is 0 Å². The number of benzene rings is 8. The SMILES string of the molecule is CC1(C)c2ccccc2-c2ccc3cc4c(cc3c21)c1ccccc1n4-c1nc(-c2cc(-c3ccccc3)cc(-c3ccccc3)c2)c2oc3ccccc3c2n1. The second-order valence-corrected chi connectivity index (χ2v) is 15.8. The first-order chi connectivity index (χ1) is 28.0. The maximum absolute atomic E-state index is 6.69. The average molecular weight is 730 g/mol. The van der Waals surface area contributed by atoms with Gasteiger partial charge in [0.05, 0.1) is 11.0 Å². The zero-order valence-electron chi connectivity index (χ0n) is 31.5. The summed E-state index contributed by atoms with van der Waals surface area (Å²) < 4.78 is 8.94. The maximum Gasteiger partial charge on any atom is 0.236 e. The molecule has 0 aliphatic heterocycles. The summed E-state index contributed by atoms with van der Waals surface area (Å²) in [5.74, 6) is 0.606. The van der Waals surface area contributed by atoms with Crippen molar-refractivity contribution in [2.75, 3.05) is 0 Å². The number of hydrogen-bond donors (Lipinski definition) is 0. The lowest BCUT2D eigenvalue weighted by atomic mass is 9.80. The Hall–Kier alpha value is -7.30. The lowest BCUT2D eigenvalue weighted by Gasteiger charge is -2.23. The number of para-hydroxylation sites is 2. The molecule has 3 heterocycles. The maximum atomic E-state index is 6.69. The number of hydrogen-bond acceptors (Lipinski definition) is 3. The topological polar surface area (TPSA) is 43.9 Å². The van der Waals surface area contributed by atoms with Gasteiger partial charge in [0.2, 0.25) is 5.95 Å². The zero-order chi connectivity index (χ0) is 37.8. The molecule has 4 heteroatoms. The first-order valence-corrected chi connectivity index (χ1v) is 19.6. The van der Waals surface area contributed by atoms with Crippen LogP contribution in [0.2, 0.25) is 0 Å².